The molecule has 0 saturated heterocycles. The Kier molecular flexibility index (Phi) is 4.16. The van der Waals surface area contributed by atoms with Crippen molar-refractivity contribution in [2.24, 2.45) is 0 Å². The van der Waals surface area contributed by atoms with E-state index in [-0.39, 0.29) is 23.6 Å². The summed E-state index contributed by atoms with van der Waals surface area (Å²) in [5.74, 6) is -2.28. The van der Waals surface area contributed by atoms with E-state index in [2.05, 4.69) is 5.32 Å². The molecular weight excluding hydrogens is 226 g/mol. The number of nitriles is 1. The molecule has 0 aliphatic rings. The lowest BCUT2D eigenvalue weighted by molar-refractivity contribution is -0.115. The minimum atomic E-state index is -0.702. The Bertz CT molecular complexity index is 455. The fourth-order valence-corrected chi connectivity index (χ4v) is 1.49. The second-order valence-electron chi connectivity index (χ2n) is 3.89. The summed E-state index contributed by atoms with van der Waals surface area (Å²) in [4.78, 5) is 11.1. The number of hydrogen-bond acceptors (Lipinski definition) is 2. The Morgan fingerprint density at radius 3 is 2.35 bits per heavy atom. The minimum Gasteiger partial charge on any atom is -0.325 e. The van der Waals surface area contributed by atoms with Gasteiger partial charge in [-0.25, -0.2) is 8.78 Å². The van der Waals surface area contributed by atoms with Gasteiger partial charge in [-0.1, -0.05) is 13.8 Å². The van der Waals surface area contributed by atoms with E-state index in [0.717, 1.165) is 12.1 Å². The van der Waals surface area contributed by atoms with Crippen LogP contribution in [0, 0.1) is 23.0 Å². The summed E-state index contributed by atoms with van der Waals surface area (Å²) in [6, 6.07) is 3.75. The summed E-state index contributed by atoms with van der Waals surface area (Å²) < 4.78 is 27.1. The van der Waals surface area contributed by atoms with Gasteiger partial charge in [0.25, 0.3) is 0 Å². The summed E-state index contributed by atoms with van der Waals surface area (Å²) in [5, 5.41) is 10.5. The molecule has 90 valence electrons. The van der Waals surface area contributed by atoms with Gasteiger partial charge in [-0.2, -0.15) is 5.26 Å². The third-order valence-electron chi connectivity index (χ3n) is 2.18. The number of amides is 1. The Morgan fingerprint density at radius 2 is 1.94 bits per heavy atom. The highest BCUT2D eigenvalue weighted by atomic mass is 19.1. The van der Waals surface area contributed by atoms with Crippen molar-refractivity contribution in [1.82, 2.24) is 0 Å². The van der Waals surface area contributed by atoms with Crippen molar-refractivity contribution in [2.75, 3.05) is 5.32 Å². The molecule has 1 amide bonds. The van der Waals surface area contributed by atoms with Crippen LogP contribution >= 0.6 is 0 Å². The second-order valence-corrected chi connectivity index (χ2v) is 3.89. The highest BCUT2D eigenvalue weighted by molar-refractivity contribution is 5.92. The maximum absolute atomic E-state index is 13.5. The van der Waals surface area contributed by atoms with Crippen molar-refractivity contribution >= 4 is 11.6 Å². The fourth-order valence-electron chi connectivity index (χ4n) is 1.49. The van der Waals surface area contributed by atoms with Gasteiger partial charge in [0, 0.05) is 11.3 Å². The van der Waals surface area contributed by atoms with Crippen LogP contribution in [0.2, 0.25) is 0 Å². The zero-order valence-corrected chi connectivity index (χ0v) is 9.55. The molecule has 0 unspecified atom stereocenters. The number of nitrogens with zero attached hydrogens (tertiary/aromatic N) is 1. The van der Waals surface area contributed by atoms with E-state index in [1.54, 1.807) is 19.9 Å². The average Bonchev–Trinajstić information content (AvgIpc) is 2.15. The maximum Gasteiger partial charge on any atom is 0.238 e. The Morgan fingerprint density at radius 1 is 1.41 bits per heavy atom. The molecule has 5 heteroatoms. The molecule has 1 N–H and O–H groups in total. The zero-order valence-electron chi connectivity index (χ0n) is 9.55. The van der Waals surface area contributed by atoms with Crippen LogP contribution < -0.4 is 5.32 Å². The summed E-state index contributed by atoms with van der Waals surface area (Å²) in [7, 11) is 0. The normalized spacial score (nSPS) is 10.1. The summed E-state index contributed by atoms with van der Waals surface area (Å²) in [6.45, 7) is 3.35. The van der Waals surface area contributed by atoms with Crippen LogP contribution in [0.4, 0.5) is 14.5 Å². The van der Waals surface area contributed by atoms with Crippen LogP contribution in [0.5, 0.6) is 0 Å². The van der Waals surface area contributed by atoms with E-state index in [1.807, 2.05) is 0 Å². The SMILES string of the molecule is CC(C)c1c(F)cc(NC(=O)CC#N)cc1F. The van der Waals surface area contributed by atoms with Crippen LogP contribution in [0.15, 0.2) is 12.1 Å². The van der Waals surface area contributed by atoms with E-state index in [4.69, 9.17) is 5.26 Å². The number of carbonyl (C=O) groups is 1. The predicted octanol–water partition coefficient (Wildman–Crippen LogP) is 2.94. The van der Waals surface area contributed by atoms with Crippen LogP contribution in [-0.2, 0) is 4.79 Å². The van der Waals surface area contributed by atoms with E-state index >= 15 is 0 Å². The van der Waals surface area contributed by atoms with E-state index < -0.39 is 17.5 Å². The first-order chi connectivity index (χ1) is 7.95. The molecule has 1 rings (SSSR count). The monoisotopic (exact) mass is 238 g/mol. The topological polar surface area (TPSA) is 52.9 Å². The van der Waals surface area contributed by atoms with Gasteiger partial charge in [-0.05, 0) is 18.1 Å². The summed E-state index contributed by atoms with van der Waals surface area (Å²) in [5.41, 5.74) is 0.00734. The van der Waals surface area contributed by atoms with E-state index in [0.29, 0.717) is 0 Å². The molecule has 0 saturated carbocycles. The van der Waals surface area contributed by atoms with Crippen molar-refractivity contribution in [3.05, 3.63) is 29.3 Å². The van der Waals surface area contributed by atoms with Crippen molar-refractivity contribution in [3.8, 4) is 6.07 Å². The van der Waals surface area contributed by atoms with Crippen molar-refractivity contribution in [2.45, 2.75) is 26.2 Å². The smallest absolute Gasteiger partial charge is 0.238 e. The zero-order chi connectivity index (χ0) is 13.0. The average molecular weight is 238 g/mol. The molecule has 0 aliphatic carbocycles. The molecule has 0 aromatic heterocycles. The van der Waals surface area contributed by atoms with Crippen molar-refractivity contribution in [1.29, 1.82) is 5.26 Å². The van der Waals surface area contributed by atoms with Gasteiger partial charge in [0.2, 0.25) is 5.91 Å². The molecule has 0 heterocycles. The van der Waals surface area contributed by atoms with Crippen molar-refractivity contribution in [3.63, 3.8) is 0 Å². The van der Waals surface area contributed by atoms with Gasteiger partial charge in [0.15, 0.2) is 0 Å². The first-order valence-corrected chi connectivity index (χ1v) is 5.11. The minimum absolute atomic E-state index is 0.0108. The van der Waals surface area contributed by atoms with Gasteiger partial charge < -0.3 is 5.32 Å². The third kappa shape index (κ3) is 3.25. The second kappa shape index (κ2) is 5.39. The quantitative estimate of drug-likeness (QED) is 0.880. The number of anilines is 1. The van der Waals surface area contributed by atoms with Crippen LogP contribution in [-0.4, -0.2) is 5.91 Å². The fraction of sp³-hybridized carbons (Fsp3) is 0.333. The number of nitrogens with one attached hydrogen (secondary N) is 1. The predicted molar refractivity (Wildman–Crippen MR) is 59.3 cm³/mol. The Balaban J connectivity index is 2.99. The highest BCUT2D eigenvalue weighted by Gasteiger charge is 2.15. The van der Waals surface area contributed by atoms with Crippen LogP contribution in [0.3, 0.4) is 0 Å². The van der Waals surface area contributed by atoms with Gasteiger partial charge in [0.05, 0.1) is 6.07 Å². The molecule has 17 heavy (non-hydrogen) atoms. The molecule has 0 bridgehead atoms. The lowest BCUT2D eigenvalue weighted by Crippen LogP contribution is -2.11. The maximum atomic E-state index is 13.5. The number of benzene rings is 1. The molecule has 1 aromatic rings. The van der Waals surface area contributed by atoms with Gasteiger partial charge in [0.1, 0.15) is 18.1 Å². The lowest BCUT2D eigenvalue weighted by atomic mass is 10.0. The summed E-state index contributed by atoms with van der Waals surface area (Å²) in [6.07, 6.45) is -0.352. The Labute approximate surface area is 98.1 Å². The molecule has 3 nitrogen and oxygen atoms in total. The van der Waals surface area contributed by atoms with Crippen LogP contribution in [0.1, 0.15) is 31.7 Å². The van der Waals surface area contributed by atoms with Gasteiger partial charge >= 0.3 is 0 Å². The van der Waals surface area contributed by atoms with Crippen LogP contribution in [0.25, 0.3) is 0 Å². The number of carbonyl (C=O) groups excluding carboxylic acids is 1. The molecule has 0 radical (unpaired) electrons. The molecule has 1 aromatic carbocycles. The molecule has 0 atom stereocenters. The molecule has 0 spiro atoms. The number of halogens is 2. The first kappa shape index (κ1) is 13.1. The summed E-state index contributed by atoms with van der Waals surface area (Å²) >= 11 is 0. The lowest BCUT2D eigenvalue weighted by Gasteiger charge is -2.11. The largest absolute Gasteiger partial charge is 0.325 e. The third-order valence-corrected chi connectivity index (χ3v) is 2.18. The molecule has 0 aliphatic heterocycles. The van der Waals surface area contributed by atoms with Gasteiger partial charge in [-0.3, -0.25) is 4.79 Å². The standard InChI is InChI=1S/C12H12F2N2O/c1-7(2)12-9(13)5-8(6-10(12)14)16-11(17)3-4-15/h5-7H,3H2,1-2H3,(H,16,17). The molecular formula is C12H12F2N2O. The highest BCUT2D eigenvalue weighted by Crippen LogP contribution is 2.25. The van der Waals surface area contributed by atoms with Gasteiger partial charge in [-0.15, -0.1) is 0 Å². The molecule has 0 fully saturated rings. The van der Waals surface area contributed by atoms with Crippen molar-refractivity contribution < 1.29 is 13.6 Å². The first-order valence-electron chi connectivity index (χ1n) is 5.11. The Hall–Kier alpha value is -1.96. The van der Waals surface area contributed by atoms with E-state index in [1.165, 1.54) is 0 Å². The number of rotatable bonds is 3. The number of hydrogen-bond donors (Lipinski definition) is 1. The van der Waals surface area contributed by atoms with E-state index in [9.17, 15) is 13.6 Å².